The molecule has 0 unspecified atom stereocenters. The second-order valence-electron chi connectivity index (χ2n) is 4.93. The maximum atomic E-state index is 12.9. The summed E-state index contributed by atoms with van der Waals surface area (Å²) in [6.07, 6.45) is 0. The number of hydrogen-bond acceptors (Lipinski definition) is 2. The Morgan fingerprint density at radius 3 is 2.12 bits per heavy atom. The van der Waals surface area contributed by atoms with Gasteiger partial charge in [-0.2, -0.15) is 0 Å². The summed E-state index contributed by atoms with van der Waals surface area (Å²) in [5, 5.41) is 9.58. The van der Waals surface area contributed by atoms with Gasteiger partial charge in [0.05, 0.1) is 0 Å². The zero-order chi connectivity index (χ0) is 12.3. The van der Waals surface area contributed by atoms with Crippen LogP contribution < -0.4 is 5.46 Å². The zero-order valence-corrected chi connectivity index (χ0v) is 9.63. The summed E-state index contributed by atoms with van der Waals surface area (Å²) in [4.78, 5) is 0. The highest BCUT2D eigenvalue weighted by Gasteiger charge is 2.21. The van der Waals surface area contributed by atoms with E-state index in [0.29, 0.717) is 6.61 Å². The minimum atomic E-state index is -1.30. The minimum absolute atomic E-state index is 0.0850. The van der Waals surface area contributed by atoms with E-state index in [9.17, 15) is 13.8 Å². The van der Waals surface area contributed by atoms with E-state index in [1.807, 2.05) is 20.8 Å². The molecule has 0 aliphatic heterocycles. The molecule has 0 spiro atoms. The summed E-state index contributed by atoms with van der Waals surface area (Å²) in [6, 6.07) is 2.85. The third kappa shape index (κ3) is 4.29. The SMILES string of the molecule is CC(C)(C)COB(O)c1cc(F)cc(F)c1. The average Bonchev–Trinajstić information content (AvgIpc) is 2.11. The zero-order valence-electron chi connectivity index (χ0n) is 9.63. The van der Waals surface area contributed by atoms with E-state index in [4.69, 9.17) is 4.65 Å². The first kappa shape index (κ1) is 13.1. The first-order chi connectivity index (χ1) is 7.28. The molecular formula is C11H15BF2O2. The van der Waals surface area contributed by atoms with E-state index in [1.165, 1.54) is 0 Å². The van der Waals surface area contributed by atoms with Crippen LogP contribution in [0.15, 0.2) is 18.2 Å². The van der Waals surface area contributed by atoms with Crippen molar-refractivity contribution in [3.63, 3.8) is 0 Å². The maximum absolute atomic E-state index is 12.9. The second-order valence-corrected chi connectivity index (χ2v) is 4.93. The van der Waals surface area contributed by atoms with E-state index in [1.54, 1.807) is 0 Å². The Balaban J connectivity index is 2.69. The Labute approximate surface area is 94.4 Å². The molecule has 0 heterocycles. The van der Waals surface area contributed by atoms with E-state index >= 15 is 0 Å². The lowest BCUT2D eigenvalue weighted by Gasteiger charge is -2.19. The van der Waals surface area contributed by atoms with Crippen molar-refractivity contribution < 1.29 is 18.5 Å². The molecular weight excluding hydrogens is 213 g/mol. The van der Waals surface area contributed by atoms with Gasteiger partial charge in [0.15, 0.2) is 0 Å². The van der Waals surface area contributed by atoms with Crippen molar-refractivity contribution in [3.8, 4) is 0 Å². The van der Waals surface area contributed by atoms with E-state index in [-0.39, 0.29) is 10.9 Å². The molecule has 0 atom stereocenters. The average molecular weight is 228 g/mol. The summed E-state index contributed by atoms with van der Waals surface area (Å²) in [7, 11) is -1.30. The lowest BCUT2D eigenvalue weighted by Crippen LogP contribution is -2.36. The van der Waals surface area contributed by atoms with Crippen molar-refractivity contribution in [3.05, 3.63) is 29.8 Å². The van der Waals surface area contributed by atoms with E-state index < -0.39 is 18.8 Å². The highest BCUT2D eigenvalue weighted by atomic mass is 19.1. The van der Waals surface area contributed by atoms with Gasteiger partial charge in [-0.15, -0.1) is 0 Å². The molecule has 0 aliphatic rings. The van der Waals surface area contributed by atoms with Crippen LogP contribution >= 0.6 is 0 Å². The summed E-state index contributed by atoms with van der Waals surface area (Å²) >= 11 is 0. The number of hydrogen-bond donors (Lipinski definition) is 1. The molecule has 0 radical (unpaired) electrons. The van der Waals surface area contributed by atoms with Gasteiger partial charge in [-0.25, -0.2) is 8.78 Å². The van der Waals surface area contributed by atoms with E-state index in [2.05, 4.69) is 0 Å². The molecule has 0 amide bonds. The van der Waals surface area contributed by atoms with Crippen LogP contribution in [0.5, 0.6) is 0 Å². The fourth-order valence-electron chi connectivity index (χ4n) is 1.14. The summed E-state index contributed by atoms with van der Waals surface area (Å²) in [5.41, 5.74) is -0.0333. The van der Waals surface area contributed by atoms with Crippen LogP contribution in [-0.2, 0) is 4.65 Å². The molecule has 0 saturated carbocycles. The highest BCUT2D eigenvalue weighted by molar-refractivity contribution is 6.59. The first-order valence-electron chi connectivity index (χ1n) is 5.03. The molecule has 16 heavy (non-hydrogen) atoms. The maximum Gasteiger partial charge on any atom is 0.491 e. The Kier molecular flexibility index (Phi) is 4.05. The van der Waals surface area contributed by atoms with Crippen molar-refractivity contribution >= 4 is 12.6 Å². The molecule has 1 rings (SSSR count). The van der Waals surface area contributed by atoms with Crippen molar-refractivity contribution in [2.24, 2.45) is 5.41 Å². The molecule has 2 nitrogen and oxygen atoms in total. The topological polar surface area (TPSA) is 29.5 Å². The minimum Gasteiger partial charge on any atom is -0.423 e. The number of rotatable bonds is 3. The third-order valence-electron chi connectivity index (χ3n) is 1.84. The van der Waals surface area contributed by atoms with Crippen LogP contribution in [0.2, 0.25) is 0 Å². The van der Waals surface area contributed by atoms with Gasteiger partial charge in [0.2, 0.25) is 0 Å². The van der Waals surface area contributed by atoms with Crippen molar-refractivity contribution in [2.75, 3.05) is 6.61 Å². The van der Waals surface area contributed by atoms with Crippen LogP contribution in [0.3, 0.4) is 0 Å². The molecule has 1 aromatic rings. The molecule has 5 heteroatoms. The van der Waals surface area contributed by atoms with Crippen LogP contribution in [0.4, 0.5) is 8.78 Å². The van der Waals surface area contributed by atoms with Crippen LogP contribution in [0, 0.1) is 17.0 Å². The van der Waals surface area contributed by atoms with Gasteiger partial charge >= 0.3 is 7.12 Å². The molecule has 0 aromatic heterocycles. The highest BCUT2D eigenvalue weighted by Crippen LogP contribution is 2.13. The summed E-state index contributed by atoms with van der Waals surface area (Å²) in [6.45, 7) is 6.11. The van der Waals surface area contributed by atoms with Crippen LogP contribution in [0.1, 0.15) is 20.8 Å². The standard InChI is InChI=1S/C11H15BF2O2/c1-11(2,3)7-16-12(15)8-4-9(13)6-10(14)5-8/h4-6,15H,7H2,1-3H3. The molecule has 0 bridgehead atoms. The molecule has 88 valence electrons. The Morgan fingerprint density at radius 1 is 1.19 bits per heavy atom. The predicted octanol–water partition coefficient (Wildman–Crippen LogP) is 1.72. The monoisotopic (exact) mass is 228 g/mol. The third-order valence-corrected chi connectivity index (χ3v) is 1.84. The second kappa shape index (κ2) is 4.93. The smallest absolute Gasteiger partial charge is 0.423 e. The summed E-state index contributed by atoms with van der Waals surface area (Å²) < 4.78 is 30.8. The Hall–Kier alpha value is -0.935. The van der Waals surface area contributed by atoms with Gasteiger partial charge in [-0.05, 0) is 23.0 Å². The van der Waals surface area contributed by atoms with Crippen molar-refractivity contribution in [1.29, 1.82) is 0 Å². The number of benzene rings is 1. The normalized spacial score (nSPS) is 11.6. The first-order valence-corrected chi connectivity index (χ1v) is 5.03. The predicted molar refractivity (Wildman–Crippen MR) is 59.4 cm³/mol. The Morgan fingerprint density at radius 2 is 1.69 bits per heavy atom. The molecule has 0 fully saturated rings. The fourth-order valence-corrected chi connectivity index (χ4v) is 1.14. The lowest BCUT2D eigenvalue weighted by molar-refractivity contribution is 0.174. The molecule has 1 aromatic carbocycles. The number of halogens is 2. The summed E-state index contributed by atoms with van der Waals surface area (Å²) in [5.74, 6) is -1.46. The molecule has 0 saturated heterocycles. The van der Waals surface area contributed by atoms with Gasteiger partial charge in [-0.3, -0.25) is 0 Å². The Bertz CT molecular complexity index is 343. The van der Waals surface area contributed by atoms with Gasteiger partial charge in [-0.1, -0.05) is 20.8 Å². The molecule has 1 N–H and O–H groups in total. The van der Waals surface area contributed by atoms with Gasteiger partial charge in [0.1, 0.15) is 11.6 Å². The van der Waals surface area contributed by atoms with Crippen LogP contribution in [-0.4, -0.2) is 18.7 Å². The van der Waals surface area contributed by atoms with Gasteiger partial charge in [0, 0.05) is 12.7 Å². The molecule has 0 aliphatic carbocycles. The van der Waals surface area contributed by atoms with Gasteiger partial charge in [0.25, 0.3) is 0 Å². The van der Waals surface area contributed by atoms with E-state index in [0.717, 1.165) is 18.2 Å². The lowest BCUT2D eigenvalue weighted by atomic mass is 9.79. The van der Waals surface area contributed by atoms with Crippen molar-refractivity contribution in [2.45, 2.75) is 20.8 Å². The quantitative estimate of drug-likeness (QED) is 0.798. The van der Waals surface area contributed by atoms with Gasteiger partial charge < -0.3 is 9.68 Å². The van der Waals surface area contributed by atoms with Crippen LogP contribution in [0.25, 0.3) is 0 Å². The largest absolute Gasteiger partial charge is 0.491 e. The fraction of sp³-hybridized carbons (Fsp3) is 0.455. The van der Waals surface area contributed by atoms with Crippen molar-refractivity contribution in [1.82, 2.24) is 0 Å².